The van der Waals surface area contributed by atoms with Gasteiger partial charge in [-0.2, -0.15) is 0 Å². The topological polar surface area (TPSA) is 101 Å². The first kappa shape index (κ1) is 47.6. The van der Waals surface area contributed by atoms with Crippen molar-refractivity contribution in [3.8, 4) is 74.1 Å². The number of allylic oxidation sites excluding steroid dienone is 1. The van der Waals surface area contributed by atoms with Crippen LogP contribution in [0.2, 0.25) is 0 Å². The van der Waals surface area contributed by atoms with Crippen LogP contribution in [0.3, 0.4) is 0 Å². The molecule has 0 spiro atoms. The van der Waals surface area contributed by atoms with E-state index in [1.54, 1.807) is 0 Å². The fraction of sp³-hybridized carbons (Fsp3) is 0.0667. The Morgan fingerprint density at radius 3 is 1.51 bits per heavy atom. The zero-order valence-corrected chi connectivity index (χ0v) is 42.8. The molecule has 0 aromatic heterocycles. The third kappa shape index (κ3) is 12.6. The van der Waals surface area contributed by atoms with E-state index in [1.165, 1.54) is 14.7 Å². The highest BCUT2D eigenvalue weighted by atomic mass is 127. The SMILES string of the molecule is Brc1cccc(-c2nc3ccn(Cc4ccc(I)cc4)cc-3n2)c1.C(=Cc1ccccc1)Cn1ccc2nc(-c3ccccc3)nc-2c1.c1ccc(OCCn2ccc3nc(-c4ccccc4)nc-3c2)cc1. The maximum absolute atomic E-state index is 5.74. The van der Waals surface area contributed by atoms with Crippen molar-refractivity contribution < 1.29 is 4.74 Å². The zero-order valence-electron chi connectivity index (χ0n) is 39.0. The Labute approximate surface area is 440 Å². The Hall–Kier alpha value is -8.07. The van der Waals surface area contributed by atoms with Crippen LogP contribution < -0.4 is 4.74 Å². The van der Waals surface area contributed by atoms with Gasteiger partial charge in [-0.1, -0.05) is 162 Å². The summed E-state index contributed by atoms with van der Waals surface area (Å²) in [7, 11) is 0. The lowest BCUT2D eigenvalue weighted by atomic mass is 10.2. The number of benzene rings is 6. The number of pyridine rings is 3. The van der Waals surface area contributed by atoms with Crippen molar-refractivity contribution in [3.05, 3.63) is 250 Å². The van der Waals surface area contributed by atoms with Gasteiger partial charge >= 0.3 is 0 Å². The van der Waals surface area contributed by atoms with Gasteiger partial charge in [0.1, 0.15) is 29.4 Å². The first-order valence-corrected chi connectivity index (χ1v) is 25.3. The van der Waals surface area contributed by atoms with Crippen LogP contribution in [0.4, 0.5) is 0 Å². The normalized spacial score (nSPS) is 11.1. The van der Waals surface area contributed by atoms with Gasteiger partial charge in [0.25, 0.3) is 0 Å². The van der Waals surface area contributed by atoms with Crippen LogP contribution >= 0.6 is 38.5 Å². The maximum Gasteiger partial charge on any atom is 0.160 e. The summed E-state index contributed by atoms with van der Waals surface area (Å²) in [5, 5.41) is 0. The molecular weight excluding hydrogens is 1070 g/mol. The summed E-state index contributed by atoms with van der Waals surface area (Å²) < 4.78 is 14.4. The molecule has 0 amide bonds. The molecule has 72 heavy (non-hydrogen) atoms. The number of rotatable bonds is 12. The fourth-order valence-corrected chi connectivity index (χ4v) is 8.62. The quantitative estimate of drug-likeness (QED) is 0.112. The second-order valence-corrected chi connectivity index (χ2v) is 18.9. The van der Waals surface area contributed by atoms with E-state index in [1.807, 2.05) is 176 Å². The Kier molecular flexibility index (Phi) is 15.4. The summed E-state index contributed by atoms with van der Waals surface area (Å²) in [4.78, 5) is 27.8. The molecule has 6 aliphatic heterocycles. The Bertz CT molecular complexity index is 3520. The van der Waals surface area contributed by atoms with E-state index in [4.69, 9.17) is 4.74 Å². The number of para-hydroxylation sites is 1. The molecule has 352 valence electrons. The summed E-state index contributed by atoms with van der Waals surface area (Å²) in [5.41, 5.74) is 11.1. The van der Waals surface area contributed by atoms with Gasteiger partial charge in [0.15, 0.2) is 17.5 Å². The summed E-state index contributed by atoms with van der Waals surface area (Å²) in [6.07, 6.45) is 16.5. The molecule has 6 aromatic rings. The minimum absolute atomic E-state index is 0.611. The van der Waals surface area contributed by atoms with Gasteiger partial charge in [-0.25, -0.2) is 29.9 Å². The molecule has 10 nitrogen and oxygen atoms in total. The third-order valence-electron chi connectivity index (χ3n) is 11.5. The molecule has 0 radical (unpaired) electrons. The standard InChI is InChI=1S/C21H17N3.C20H17N3O.C19H13BrIN3/c1-3-8-17(9-4-1)10-7-14-24-15-13-19-20(16-24)23-21(22-19)18-11-5-2-6-12-18;1-3-7-16(8-4-1)20-21-18-11-12-23(15-19(18)22-20)13-14-24-17-9-5-2-6-10-17;20-15-3-1-2-14(10-15)19-22-17-8-9-24(12-18(17)23-19)11-13-4-6-16(21)7-5-13/h1-13,15-16H,14H2;1-12,15H,13-14H2;1-10,12H,11H2. The number of ether oxygens (including phenoxy) is 1. The average molecular weight is 1120 g/mol. The Morgan fingerprint density at radius 2 is 0.931 bits per heavy atom. The Balaban J connectivity index is 0.000000124. The number of imidazole rings is 3. The Morgan fingerprint density at radius 1 is 0.458 bits per heavy atom. The molecule has 0 bridgehead atoms. The minimum Gasteiger partial charge on any atom is -0.492 e. The molecule has 0 atom stereocenters. The van der Waals surface area contributed by atoms with E-state index in [-0.39, 0.29) is 0 Å². The second kappa shape index (κ2) is 23.2. The molecular formula is C60H47BrIN9O. The van der Waals surface area contributed by atoms with Crippen molar-refractivity contribution in [1.29, 1.82) is 0 Å². The smallest absolute Gasteiger partial charge is 0.160 e. The average Bonchev–Trinajstić information content (AvgIpc) is 4.18. The first-order valence-electron chi connectivity index (χ1n) is 23.5. The first-order chi connectivity index (χ1) is 35.4. The van der Waals surface area contributed by atoms with Gasteiger partial charge in [0, 0.05) is 75.0 Å². The lowest BCUT2D eigenvalue weighted by Crippen LogP contribution is -2.08. The van der Waals surface area contributed by atoms with E-state index in [2.05, 4.69) is 143 Å². The van der Waals surface area contributed by atoms with Crippen LogP contribution in [0.15, 0.2) is 236 Å². The monoisotopic (exact) mass is 1120 g/mol. The molecule has 6 aliphatic rings. The van der Waals surface area contributed by atoms with Crippen LogP contribution in [0.25, 0.3) is 74.4 Å². The summed E-state index contributed by atoms with van der Waals surface area (Å²) in [6.45, 7) is 3.00. The van der Waals surface area contributed by atoms with Gasteiger partial charge < -0.3 is 18.4 Å². The predicted octanol–water partition coefficient (Wildman–Crippen LogP) is 14.4. The number of hydrogen-bond acceptors (Lipinski definition) is 7. The van der Waals surface area contributed by atoms with Gasteiger partial charge in [0.05, 0.1) is 23.6 Å². The maximum atomic E-state index is 5.74. The molecule has 0 N–H and O–H groups in total. The largest absolute Gasteiger partial charge is 0.492 e. The van der Waals surface area contributed by atoms with Crippen LogP contribution in [0.1, 0.15) is 11.1 Å². The van der Waals surface area contributed by atoms with Gasteiger partial charge in [-0.3, -0.25) is 0 Å². The van der Waals surface area contributed by atoms with Crippen molar-refractivity contribution in [3.63, 3.8) is 0 Å². The number of hydrogen-bond donors (Lipinski definition) is 0. The van der Waals surface area contributed by atoms with Crippen molar-refractivity contribution in [1.82, 2.24) is 43.6 Å². The highest BCUT2D eigenvalue weighted by Crippen LogP contribution is 2.28. The molecule has 6 aromatic carbocycles. The van der Waals surface area contributed by atoms with Crippen LogP contribution in [-0.4, -0.2) is 50.2 Å². The van der Waals surface area contributed by atoms with Crippen molar-refractivity contribution >= 4 is 44.6 Å². The molecule has 0 aliphatic carbocycles. The summed E-state index contributed by atoms with van der Waals surface area (Å²) in [5.74, 6) is 3.20. The lowest BCUT2D eigenvalue weighted by Gasteiger charge is -2.09. The second-order valence-electron chi connectivity index (χ2n) is 16.7. The molecule has 0 saturated heterocycles. The minimum atomic E-state index is 0.611. The van der Waals surface area contributed by atoms with Crippen LogP contribution in [0.5, 0.6) is 5.75 Å². The molecule has 12 rings (SSSR count). The number of halogens is 2. The summed E-state index contributed by atoms with van der Waals surface area (Å²) in [6, 6.07) is 62.9. The molecule has 12 heteroatoms. The van der Waals surface area contributed by atoms with Gasteiger partial charge in [-0.05, 0) is 88.3 Å². The molecule has 0 unspecified atom stereocenters. The van der Waals surface area contributed by atoms with E-state index in [9.17, 15) is 0 Å². The highest BCUT2D eigenvalue weighted by Gasteiger charge is 2.15. The zero-order chi connectivity index (χ0) is 48.9. The lowest BCUT2D eigenvalue weighted by molar-refractivity contribution is 0.298. The van der Waals surface area contributed by atoms with Crippen molar-refractivity contribution in [2.75, 3.05) is 6.61 Å². The molecule has 0 saturated carbocycles. The third-order valence-corrected chi connectivity index (χ3v) is 12.7. The molecule has 0 fully saturated rings. The van der Waals surface area contributed by atoms with Crippen LogP contribution in [0, 0.1) is 3.57 Å². The van der Waals surface area contributed by atoms with Crippen LogP contribution in [-0.2, 0) is 19.6 Å². The van der Waals surface area contributed by atoms with E-state index in [0.29, 0.717) is 6.61 Å². The number of aromatic nitrogens is 9. The summed E-state index contributed by atoms with van der Waals surface area (Å²) >= 11 is 5.82. The van der Waals surface area contributed by atoms with Gasteiger partial charge in [0.2, 0.25) is 0 Å². The van der Waals surface area contributed by atoms with E-state index < -0.39 is 0 Å². The fourth-order valence-electron chi connectivity index (χ4n) is 7.86. The van der Waals surface area contributed by atoms with E-state index >= 15 is 0 Å². The predicted molar refractivity (Wildman–Crippen MR) is 300 cm³/mol. The number of nitrogens with zero attached hydrogens (tertiary/aromatic N) is 9. The van der Waals surface area contributed by atoms with E-state index in [0.717, 1.165) is 98.2 Å². The number of fused-ring (bicyclic) bond motifs is 3. The van der Waals surface area contributed by atoms with Gasteiger partial charge in [-0.15, -0.1) is 0 Å². The highest BCUT2D eigenvalue weighted by molar-refractivity contribution is 14.1. The van der Waals surface area contributed by atoms with Crippen molar-refractivity contribution in [2.24, 2.45) is 0 Å². The molecule has 6 heterocycles. The van der Waals surface area contributed by atoms with Crippen molar-refractivity contribution in [2.45, 2.75) is 19.6 Å².